The number of imidazole rings is 1. The number of H-pyrrole nitrogens is 1. The van der Waals surface area contributed by atoms with E-state index < -0.39 is 0 Å². The Morgan fingerprint density at radius 1 is 0.692 bits per heavy atom. The number of aromatic nitrogens is 2. The lowest BCUT2D eigenvalue weighted by Gasteiger charge is -2.14. The van der Waals surface area contributed by atoms with Gasteiger partial charge in [0.25, 0.3) is 5.82 Å². The summed E-state index contributed by atoms with van der Waals surface area (Å²) >= 11 is 0. The van der Waals surface area contributed by atoms with E-state index in [-0.39, 0.29) is 0 Å². The molecule has 2 heteroatoms. The highest BCUT2D eigenvalue weighted by molar-refractivity contribution is 4.89. The van der Waals surface area contributed by atoms with Crippen LogP contribution < -0.4 is 4.57 Å². The van der Waals surface area contributed by atoms with E-state index in [0.717, 1.165) is 12.5 Å². The number of unbranched alkanes of at least 4 members (excludes halogenated alkanes) is 12. The third kappa shape index (κ3) is 10.4. The predicted octanol–water partition coefficient (Wildman–Crippen LogP) is 7.69. The van der Waals surface area contributed by atoms with E-state index >= 15 is 0 Å². The van der Waals surface area contributed by atoms with Gasteiger partial charge in [0, 0.05) is 0 Å². The molecule has 152 valence electrons. The summed E-state index contributed by atoms with van der Waals surface area (Å²) < 4.78 is 2.42. The number of hydrogen-bond acceptors (Lipinski definition) is 0. The van der Waals surface area contributed by atoms with E-state index in [1.54, 1.807) is 0 Å². The molecule has 1 aromatic rings. The van der Waals surface area contributed by atoms with E-state index in [4.69, 9.17) is 0 Å². The topological polar surface area (TPSA) is 19.7 Å². The quantitative estimate of drug-likeness (QED) is 0.204. The highest BCUT2D eigenvalue weighted by Gasteiger charge is 2.21. The minimum atomic E-state index is 0.733. The fourth-order valence-corrected chi connectivity index (χ4v) is 4.12. The molecule has 1 aromatic heterocycles. The SMILES string of the molecule is CCCCCCCCCCC[C@H](CCCCCCC)c1[nH]cc[n+]1CC. The zero-order chi connectivity index (χ0) is 18.9. The van der Waals surface area contributed by atoms with Crippen molar-refractivity contribution in [1.82, 2.24) is 4.98 Å². The summed E-state index contributed by atoms with van der Waals surface area (Å²) in [5.41, 5.74) is 0. The normalized spacial score (nSPS) is 12.6. The van der Waals surface area contributed by atoms with Crippen LogP contribution in [0.5, 0.6) is 0 Å². The van der Waals surface area contributed by atoms with Crippen molar-refractivity contribution in [3.05, 3.63) is 18.2 Å². The molecule has 1 rings (SSSR count). The van der Waals surface area contributed by atoms with Crippen LogP contribution in [0, 0.1) is 0 Å². The Balaban J connectivity index is 2.26. The minimum Gasteiger partial charge on any atom is -0.247 e. The second-order valence-electron chi connectivity index (χ2n) is 8.15. The zero-order valence-corrected chi connectivity index (χ0v) is 18.2. The van der Waals surface area contributed by atoms with Crippen molar-refractivity contribution in [2.45, 2.75) is 136 Å². The summed E-state index contributed by atoms with van der Waals surface area (Å²) in [6.45, 7) is 7.94. The van der Waals surface area contributed by atoms with Crippen LogP contribution in [0.1, 0.15) is 135 Å². The lowest BCUT2D eigenvalue weighted by atomic mass is 9.93. The van der Waals surface area contributed by atoms with Gasteiger partial charge in [-0.25, -0.2) is 9.55 Å². The second-order valence-corrected chi connectivity index (χ2v) is 8.15. The van der Waals surface area contributed by atoms with Crippen molar-refractivity contribution < 1.29 is 4.57 Å². The Labute approximate surface area is 164 Å². The van der Waals surface area contributed by atoms with Crippen LogP contribution in [-0.2, 0) is 6.54 Å². The van der Waals surface area contributed by atoms with Gasteiger partial charge in [0.1, 0.15) is 12.4 Å². The monoisotopic (exact) mass is 363 g/mol. The molecule has 0 spiro atoms. The molecule has 0 aliphatic rings. The Hall–Kier alpha value is -0.790. The first-order valence-corrected chi connectivity index (χ1v) is 11.9. The second kappa shape index (κ2) is 16.4. The lowest BCUT2D eigenvalue weighted by Crippen LogP contribution is -2.36. The lowest BCUT2D eigenvalue weighted by molar-refractivity contribution is -0.701. The van der Waals surface area contributed by atoms with E-state index in [1.165, 1.54) is 109 Å². The van der Waals surface area contributed by atoms with E-state index in [1.807, 2.05) is 0 Å². The highest BCUT2D eigenvalue weighted by Crippen LogP contribution is 2.26. The maximum atomic E-state index is 3.55. The van der Waals surface area contributed by atoms with Gasteiger partial charge in [-0.15, -0.1) is 0 Å². The fourth-order valence-electron chi connectivity index (χ4n) is 4.12. The average Bonchev–Trinajstić information content (AvgIpc) is 3.13. The maximum Gasteiger partial charge on any atom is 0.257 e. The van der Waals surface area contributed by atoms with Crippen LogP contribution in [0.4, 0.5) is 0 Å². The number of aromatic amines is 1. The van der Waals surface area contributed by atoms with Crippen molar-refractivity contribution in [3.63, 3.8) is 0 Å². The number of aryl methyl sites for hydroxylation is 1. The molecule has 1 heterocycles. The number of nitrogens with one attached hydrogen (secondary N) is 1. The van der Waals surface area contributed by atoms with Gasteiger partial charge in [-0.1, -0.05) is 104 Å². The van der Waals surface area contributed by atoms with E-state index in [2.05, 4.69) is 42.7 Å². The van der Waals surface area contributed by atoms with Crippen molar-refractivity contribution in [2.75, 3.05) is 0 Å². The van der Waals surface area contributed by atoms with Gasteiger partial charge in [0.05, 0.1) is 12.5 Å². The first kappa shape index (κ1) is 23.2. The Morgan fingerprint density at radius 3 is 1.62 bits per heavy atom. The molecule has 0 bridgehead atoms. The molecule has 0 saturated heterocycles. The third-order valence-electron chi connectivity index (χ3n) is 5.83. The largest absolute Gasteiger partial charge is 0.257 e. The van der Waals surface area contributed by atoms with Gasteiger partial charge in [-0.3, -0.25) is 0 Å². The van der Waals surface area contributed by atoms with Gasteiger partial charge in [0.15, 0.2) is 0 Å². The molecule has 0 aromatic carbocycles. The predicted molar refractivity (Wildman–Crippen MR) is 115 cm³/mol. The summed E-state index contributed by atoms with van der Waals surface area (Å²) in [5, 5.41) is 0. The number of hydrogen-bond donors (Lipinski definition) is 1. The van der Waals surface area contributed by atoms with Gasteiger partial charge in [0.2, 0.25) is 0 Å². The minimum absolute atomic E-state index is 0.733. The number of nitrogens with zero attached hydrogens (tertiary/aromatic N) is 1. The van der Waals surface area contributed by atoms with Crippen LogP contribution in [0.3, 0.4) is 0 Å². The summed E-state index contributed by atoms with van der Waals surface area (Å²) in [4.78, 5) is 3.55. The Kier molecular flexibility index (Phi) is 14.7. The Morgan fingerprint density at radius 2 is 1.15 bits per heavy atom. The molecule has 0 fully saturated rings. The Bertz CT molecular complexity index is 410. The number of rotatable bonds is 18. The van der Waals surface area contributed by atoms with Gasteiger partial charge < -0.3 is 0 Å². The van der Waals surface area contributed by atoms with Crippen molar-refractivity contribution in [3.8, 4) is 0 Å². The molecule has 1 atom stereocenters. The summed E-state index contributed by atoms with van der Waals surface area (Å²) in [5.74, 6) is 2.21. The molecule has 2 nitrogen and oxygen atoms in total. The molecule has 0 amide bonds. The van der Waals surface area contributed by atoms with Crippen molar-refractivity contribution in [2.24, 2.45) is 0 Å². The fraction of sp³-hybridized carbons (Fsp3) is 0.875. The average molecular weight is 364 g/mol. The smallest absolute Gasteiger partial charge is 0.247 e. The van der Waals surface area contributed by atoms with Crippen molar-refractivity contribution >= 4 is 0 Å². The van der Waals surface area contributed by atoms with Crippen LogP contribution >= 0.6 is 0 Å². The molecule has 0 radical (unpaired) electrons. The van der Waals surface area contributed by atoms with Crippen LogP contribution in [0.15, 0.2) is 12.4 Å². The van der Waals surface area contributed by atoms with Crippen LogP contribution in [0.25, 0.3) is 0 Å². The summed E-state index contributed by atoms with van der Waals surface area (Å²) in [6, 6.07) is 0. The van der Waals surface area contributed by atoms with E-state index in [9.17, 15) is 0 Å². The van der Waals surface area contributed by atoms with Gasteiger partial charge >= 0.3 is 0 Å². The molecule has 0 saturated carbocycles. The molecular formula is C24H47N2+. The van der Waals surface area contributed by atoms with E-state index in [0.29, 0.717) is 0 Å². The molecule has 26 heavy (non-hydrogen) atoms. The zero-order valence-electron chi connectivity index (χ0n) is 18.2. The summed E-state index contributed by atoms with van der Waals surface area (Å²) in [7, 11) is 0. The molecule has 1 N–H and O–H groups in total. The standard InChI is InChI=1S/C24H46N2/c1-4-7-9-11-12-13-14-16-18-20-23(19-17-15-10-8-5-2)24-25-21-22-26(24)6-3/h21-23H,4-20H2,1-3H3/p+1/t23-/m0/s1. The van der Waals surface area contributed by atoms with Crippen LogP contribution in [-0.4, -0.2) is 4.98 Å². The van der Waals surface area contributed by atoms with Crippen LogP contribution in [0.2, 0.25) is 0 Å². The molecular weight excluding hydrogens is 316 g/mol. The van der Waals surface area contributed by atoms with Gasteiger partial charge in [-0.2, -0.15) is 0 Å². The highest BCUT2D eigenvalue weighted by atomic mass is 15.1. The van der Waals surface area contributed by atoms with Crippen molar-refractivity contribution in [1.29, 1.82) is 0 Å². The molecule has 0 aliphatic carbocycles. The molecule has 0 unspecified atom stereocenters. The third-order valence-corrected chi connectivity index (χ3v) is 5.83. The van der Waals surface area contributed by atoms with Gasteiger partial charge in [-0.05, 0) is 19.8 Å². The molecule has 0 aliphatic heterocycles. The first-order chi connectivity index (χ1) is 12.8. The maximum absolute atomic E-state index is 3.55. The summed E-state index contributed by atoms with van der Waals surface area (Å²) in [6.07, 6.45) is 26.9. The first-order valence-electron chi connectivity index (χ1n) is 11.9.